The van der Waals surface area contributed by atoms with Crippen molar-refractivity contribution in [3.05, 3.63) is 59.8 Å². The van der Waals surface area contributed by atoms with Gasteiger partial charge in [-0.2, -0.15) is 5.10 Å². The average molecular weight is 329 g/mol. The number of aromatic nitrogens is 2. The third kappa shape index (κ3) is 4.11. The van der Waals surface area contributed by atoms with Gasteiger partial charge in [0.15, 0.2) is 0 Å². The lowest BCUT2D eigenvalue weighted by Gasteiger charge is -2.14. The molecule has 2 N–H and O–H groups in total. The minimum atomic E-state index is -0.264. The van der Waals surface area contributed by atoms with Crippen molar-refractivity contribution in [3.8, 4) is 11.3 Å². The largest absolute Gasteiger partial charge is 0.492 e. The highest BCUT2D eigenvalue weighted by molar-refractivity contribution is 5.85. The van der Waals surface area contributed by atoms with Crippen LogP contribution in [0.2, 0.25) is 0 Å². The molecule has 0 aliphatic heterocycles. The molecule has 4 nitrogen and oxygen atoms in total. The van der Waals surface area contributed by atoms with Crippen molar-refractivity contribution < 1.29 is 9.13 Å². The molecule has 0 saturated carbocycles. The van der Waals surface area contributed by atoms with Gasteiger partial charge in [-0.25, -0.2) is 4.39 Å². The van der Waals surface area contributed by atoms with Crippen molar-refractivity contribution in [2.45, 2.75) is 20.3 Å². The van der Waals surface area contributed by atoms with Crippen LogP contribution in [0.25, 0.3) is 16.8 Å². The number of aryl methyl sites for hydroxylation is 1. The minimum Gasteiger partial charge on any atom is -0.492 e. The maximum atomic E-state index is 13.2. The van der Waals surface area contributed by atoms with E-state index < -0.39 is 0 Å². The van der Waals surface area contributed by atoms with E-state index in [-0.39, 0.29) is 5.82 Å². The van der Waals surface area contributed by atoms with Crippen molar-refractivity contribution in [2.75, 3.05) is 13.2 Å². The van der Waals surface area contributed by atoms with Crippen LogP contribution in [0.1, 0.15) is 25.8 Å². The van der Waals surface area contributed by atoms with E-state index in [9.17, 15) is 4.39 Å². The highest BCUT2D eigenvalue weighted by atomic mass is 19.1. The molecule has 2 aromatic rings. The molecule has 1 heterocycles. The molecule has 1 aromatic heterocycles. The fraction of sp³-hybridized carbons (Fsp3) is 0.316. The van der Waals surface area contributed by atoms with Crippen molar-refractivity contribution in [1.82, 2.24) is 9.78 Å². The van der Waals surface area contributed by atoms with Crippen molar-refractivity contribution in [2.24, 2.45) is 12.8 Å². The first-order valence-electron chi connectivity index (χ1n) is 8.10. The Balaban J connectivity index is 2.49. The van der Waals surface area contributed by atoms with Gasteiger partial charge in [0.2, 0.25) is 0 Å². The lowest BCUT2D eigenvalue weighted by atomic mass is 9.99. The first-order valence-corrected chi connectivity index (χ1v) is 8.10. The molecule has 0 spiro atoms. The lowest BCUT2D eigenvalue weighted by molar-refractivity contribution is 0.236. The molecule has 2 rings (SSSR count). The highest BCUT2D eigenvalue weighted by Gasteiger charge is 2.17. The van der Waals surface area contributed by atoms with E-state index in [1.165, 1.54) is 12.1 Å². The maximum Gasteiger partial charge on any atom is 0.123 e. The van der Waals surface area contributed by atoms with Crippen LogP contribution >= 0.6 is 0 Å². The third-order valence-corrected chi connectivity index (χ3v) is 3.56. The van der Waals surface area contributed by atoms with Gasteiger partial charge in [0.05, 0.1) is 0 Å². The maximum absolute atomic E-state index is 13.2. The van der Waals surface area contributed by atoms with Crippen LogP contribution in [-0.4, -0.2) is 22.9 Å². The Morgan fingerprint density at radius 3 is 2.62 bits per heavy atom. The van der Waals surface area contributed by atoms with Crippen molar-refractivity contribution in [1.29, 1.82) is 0 Å². The van der Waals surface area contributed by atoms with E-state index in [0.717, 1.165) is 34.6 Å². The summed E-state index contributed by atoms with van der Waals surface area (Å²) in [6, 6.07) is 6.35. The molecule has 24 heavy (non-hydrogen) atoms. The van der Waals surface area contributed by atoms with E-state index in [4.69, 9.17) is 10.5 Å². The van der Waals surface area contributed by atoms with E-state index in [1.54, 1.807) is 16.8 Å². The number of rotatable bonds is 7. The summed E-state index contributed by atoms with van der Waals surface area (Å²) < 4.78 is 20.8. The Morgan fingerprint density at radius 2 is 2.04 bits per heavy atom. The number of ether oxygens (including phenoxy) is 1. The molecule has 0 saturated heterocycles. The smallest absolute Gasteiger partial charge is 0.123 e. The third-order valence-electron chi connectivity index (χ3n) is 3.56. The summed E-state index contributed by atoms with van der Waals surface area (Å²) in [4.78, 5) is 0. The molecule has 0 fully saturated rings. The molecule has 5 heteroatoms. The molecule has 0 radical (unpaired) electrons. The van der Waals surface area contributed by atoms with Gasteiger partial charge in [-0.15, -0.1) is 0 Å². The quantitative estimate of drug-likeness (QED) is 0.619. The first-order chi connectivity index (χ1) is 11.6. The molecule has 128 valence electrons. The zero-order valence-corrected chi connectivity index (χ0v) is 14.4. The second-order valence-corrected chi connectivity index (χ2v) is 5.39. The zero-order chi connectivity index (χ0) is 17.5. The van der Waals surface area contributed by atoms with Crippen LogP contribution in [0.15, 0.2) is 48.4 Å². The van der Waals surface area contributed by atoms with Gasteiger partial charge >= 0.3 is 0 Å². The lowest BCUT2D eigenvalue weighted by Crippen LogP contribution is -2.09. The molecule has 1 aromatic carbocycles. The topological polar surface area (TPSA) is 53.1 Å². The molecular formula is C19H24FN3O. The number of halogens is 1. The number of hydrogen-bond donors (Lipinski definition) is 1. The zero-order valence-electron chi connectivity index (χ0n) is 14.4. The van der Waals surface area contributed by atoms with Gasteiger partial charge < -0.3 is 10.5 Å². The van der Waals surface area contributed by atoms with Crippen molar-refractivity contribution >= 4 is 5.57 Å². The van der Waals surface area contributed by atoms with Crippen LogP contribution in [-0.2, 0) is 11.8 Å². The van der Waals surface area contributed by atoms with Crippen LogP contribution in [0.3, 0.4) is 0 Å². The average Bonchev–Trinajstić information content (AvgIpc) is 2.95. The number of nitrogens with zero attached hydrogens (tertiary/aromatic N) is 2. The monoisotopic (exact) mass is 329 g/mol. The Labute approximate surface area is 142 Å². The SMILES string of the molecule is CC=C(C(=CCC)OCCN)c1cn(C)nc1-c1ccc(F)cc1. The fourth-order valence-electron chi connectivity index (χ4n) is 2.54. The summed E-state index contributed by atoms with van der Waals surface area (Å²) in [6.45, 7) is 4.93. The van der Waals surface area contributed by atoms with Gasteiger partial charge in [0.25, 0.3) is 0 Å². The summed E-state index contributed by atoms with van der Waals surface area (Å²) in [5.41, 5.74) is 9.13. The summed E-state index contributed by atoms with van der Waals surface area (Å²) >= 11 is 0. The van der Waals surface area contributed by atoms with Gasteiger partial charge in [0.1, 0.15) is 23.9 Å². The molecule has 0 atom stereocenters. The fourth-order valence-corrected chi connectivity index (χ4v) is 2.54. The van der Waals surface area contributed by atoms with Crippen LogP contribution in [0.5, 0.6) is 0 Å². The van der Waals surface area contributed by atoms with E-state index >= 15 is 0 Å². The number of nitrogens with two attached hydrogens (primary N) is 1. The van der Waals surface area contributed by atoms with Gasteiger partial charge in [-0.1, -0.05) is 13.0 Å². The second kappa shape index (κ2) is 8.45. The summed E-state index contributed by atoms with van der Waals surface area (Å²) in [5, 5.41) is 4.55. The summed E-state index contributed by atoms with van der Waals surface area (Å²) in [6.07, 6.45) is 6.83. The number of allylic oxidation sites excluding steroid dienone is 3. The molecular weight excluding hydrogens is 305 g/mol. The molecule has 0 amide bonds. The van der Waals surface area contributed by atoms with Crippen molar-refractivity contribution in [3.63, 3.8) is 0 Å². The van der Waals surface area contributed by atoms with Crippen LogP contribution < -0.4 is 5.73 Å². The van der Waals surface area contributed by atoms with E-state index in [2.05, 4.69) is 12.0 Å². The van der Waals surface area contributed by atoms with Gasteiger partial charge in [-0.05, 0) is 43.7 Å². The van der Waals surface area contributed by atoms with Gasteiger partial charge in [-0.3, -0.25) is 4.68 Å². The number of hydrogen-bond acceptors (Lipinski definition) is 3. The highest BCUT2D eigenvalue weighted by Crippen LogP contribution is 2.32. The Kier molecular flexibility index (Phi) is 6.32. The molecule has 0 bridgehead atoms. The van der Waals surface area contributed by atoms with Crippen LogP contribution in [0, 0.1) is 5.82 Å². The molecule has 0 aliphatic carbocycles. The van der Waals surface area contributed by atoms with E-state index in [1.807, 2.05) is 32.3 Å². The van der Waals surface area contributed by atoms with Gasteiger partial charge in [0, 0.05) is 36.5 Å². The van der Waals surface area contributed by atoms with Crippen LogP contribution in [0.4, 0.5) is 4.39 Å². The predicted molar refractivity (Wildman–Crippen MR) is 95.6 cm³/mol. The second-order valence-electron chi connectivity index (χ2n) is 5.39. The molecule has 0 unspecified atom stereocenters. The Bertz CT molecular complexity index is 730. The Morgan fingerprint density at radius 1 is 1.33 bits per heavy atom. The summed E-state index contributed by atoms with van der Waals surface area (Å²) in [7, 11) is 1.87. The summed E-state index contributed by atoms with van der Waals surface area (Å²) in [5.74, 6) is 0.530. The normalized spacial score (nSPS) is 12.5. The minimum absolute atomic E-state index is 0.264. The number of benzene rings is 1. The van der Waals surface area contributed by atoms with E-state index in [0.29, 0.717) is 13.2 Å². The Hall–Kier alpha value is -2.40. The molecule has 0 aliphatic rings. The first kappa shape index (κ1) is 17.9. The standard InChI is InChI=1S/C19H24FN3O/c1-4-6-18(24-12-11-21)16(5-2)17-13-23(3)22-19(17)14-7-9-15(20)10-8-14/h5-10,13H,4,11-12,21H2,1-3H3. The predicted octanol–water partition coefficient (Wildman–Crippen LogP) is 3.90.